The lowest BCUT2D eigenvalue weighted by Crippen LogP contribution is -2.09. The minimum atomic E-state index is -0.234. The first-order valence-corrected chi connectivity index (χ1v) is 6.28. The van der Waals surface area contributed by atoms with Crippen molar-refractivity contribution in [2.45, 2.75) is 33.2 Å². The Morgan fingerprint density at radius 1 is 1.33 bits per heavy atom. The summed E-state index contributed by atoms with van der Waals surface area (Å²) in [5.74, 6) is 0. The number of nitrogens with zero attached hydrogens (tertiary/aromatic N) is 2. The highest BCUT2D eigenvalue weighted by molar-refractivity contribution is 5.91. The van der Waals surface area contributed by atoms with Crippen molar-refractivity contribution in [2.75, 3.05) is 5.73 Å². The predicted molar refractivity (Wildman–Crippen MR) is 75.0 cm³/mol. The second-order valence-corrected chi connectivity index (χ2v) is 5.39. The lowest BCUT2D eigenvalue weighted by molar-refractivity contribution is 0.418. The molecule has 0 aliphatic carbocycles. The Morgan fingerprint density at radius 3 is 2.83 bits per heavy atom. The molecule has 0 saturated carbocycles. The van der Waals surface area contributed by atoms with Crippen LogP contribution in [0.4, 0.5) is 5.69 Å². The van der Waals surface area contributed by atoms with Crippen molar-refractivity contribution in [1.82, 2.24) is 4.57 Å². The van der Waals surface area contributed by atoms with Gasteiger partial charge in [0.05, 0.1) is 17.0 Å². The van der Waals surface area contributed by atoms with Gasteiger partial charge in [-0.1, -0.05) is 6.07 Å². The summed E-state index contributed by atoms with van der Waals surface area (Å²) in [5, 5.41) is 10.1. The maximum atomic E-state index is 8.99. The third-order valence-electron chi connectivity index (χ3n) is 3.35. The second-order valence-electron chi connectivity index (χ2n) is 5.39. The number of hydrogen-bond donors (Lipinski definition) is 1. The molecule has 2 rings (SSSR count). The van der Waals surface area contributed by atoms with E-state index in [-0.39, 0.29) is 5.41 Å². The third kappa shape index (κ3) is 2.48. The number of nitrogen functional groups attached to an aromatic ring is 1. The van der Waals surface area contributed by atoms with Crippen molar-refractivity contribution in [1.29, 1.82) is 5.26 Å². The number of fused-ring (bicyclic) bond motifs is 1. The zero-order chi connectivity index (χ0) is 13.2. The summed E-state index contributed by atoms with van der Waals surface area (Å²) in [5.41, 5.74) is 7.69. The average molecular weight is 241 g/mol. The van der Waals surface area contributed by atoms with Gasteiger partial charge in [0.15, 0.2) is 0 Å². The zero-order valence-corrected chi connectivity index (χ0v) is 11.0. The van der Waals surface area contributed by atoms with E-state index in [4.69, 9.17) is 11.0 Å². The molecule has 1 aromatic carbocycles. The molecule has 18 heavy (non-hydrogen) atoms. The Labute approximate surface area is 108 Å². The third-order valence-corrected chi connectivity index (χ3v) is 3.35. The summed E-state index contributed by atoms with van der Waals surface area (Å²) in [6.07, 6.45) is 3.98. The van der Waals surface area contributed by atoms with E-state index in [2.05, 4.69) is 29.0 Å². The topological polar surface area (TPSA) is 54.7 Å². The van der Waals surface area contributed by atoms with Crippen LogP contribution in [0.1, 0.15) is 26.7 Å². The molecular weight excluding hydrogens is 222 g/mol. The van der Waals surface area contributed by atoms with Gasteiger partial charge in [0, 0.05) is 23.8 Å². The molecule has 2 aromatic rings. The van der Waals surface area contributed by atoms with Crippen LogP contribution in [-0.2, 0) is 6.54 Å². The number of benzene rings is 1. The van der Waals surface area contributed by atoms with Crippen molar-refractivity contribution in [2.24, 2.45) is 5.41 Å². The van der Waals surface area contributed by atoms with Crippen LogP contribution in [-0.4, -0.2) is 4.57 Å². The molecule has 3 nitrogen and oxygen atoms in total. The molecule has 0 saturated heterocycles. The maximum Gasteiger partial charge on any atom is 0.0683 e. The number of hydrogen-bond acceptors (Lipinski definition) is 2. The SMILES string of the molecule is CC(C)(C#N)CCCn1ccc2c(N)cccc21. The normalized spacial score (nSPS) is 11.6. The summed E-state index contributed by atoms with van der Waals surface area (Å²) < 4.78 is 2.21. The summed E-state index contributed by atoms with van der Waals surface area (Å²) in [6, 6.07) is 10.4. The molecule has 1 aromatic heterocycles. The van der Waals surface area contributed by atoms with Gasteiger partial charge >= 0.3 is 0 Å². The molecule has 94 valence electrons. The average Bonchev–Trinajstić information content (AvgIpc) is 2.74. The van der Waals surface area contributed by atoms with E-state index in [1.165, 1.54) is 5.52 Å². The largest absolute Gasteiger partial charge is 0.398 e. The number of nitriles is 1. The molecule has 0 bridgehead atoms. The van der Waals surface area contributed by atoms with E-state index in [1.807, 2.05) is 26.0 Å². The van der Waals surface area contributed by atoms with Crippen LogP contribution in [0.3, 0.4) is 0 Å². The highest BCUT2D eigenvalue weighted by Gasteiger charge is 2.15. The quantitative estimate of drug-likeness (QED) is 0.832. The number of aryl methyl sites for hydroxylation is 1. The zero-order valence-electron chi connectivity index (χ0n) is 11.0. The van der Waals surface area contributed by atoms with E-state index >= 15 is 0 Å². The highest BCUT2D eigenvalue weighted by Crippen LogP contribution is 2.24. The smallest absolute Gasteiger partial charge is 0.0683 e. The molecule has 1 heterocycles. The van der Waals surface area contributed by atoms with E-state index in [1.54, 1.807) is 0 Å². The fourth-order valence-electron chi connectivity index (χ4n) is 2.19. The number of aromatic nitrogens is 1. The van der Waals surface area contributed by atoms with Crippen LogP contribution in [0.15, 0.2) is 30.5 Å². The summed E-state index contributed by atoms with van der Waals surface area (Å²) in [4.78, 5) is 0. The fourth-order valence-corrected chi connectivity index (χ4v) is 2.19. The Kier molecular flexibility index (Phi) is 3.29. The molecule has 2 N–H and O–H groups in total. The van der Waals surface area contributed by atoms with E-state index in [9.17, 15) is 0 Å². The molecule has 0 amide bonds. The van der Waals surface area contributed by atoms with Gasteiger partial charge in [-0.2, -0.15) is 5.26 Å². The van der Waals surface area contributed by atoms with Crippen LogP contribution in [0.2, 0.25) is 0 Å². The Hall–Kier alpha value is -1.95. The first kappa shape index (κ1) is 12.5. The van der Waals surface area contributed by atoms with Crippen molar-refractivity contribution in [3.63, 3.8) is 0 Å². The van der Waals surface area contributed by atoms with Crippen LogP contribution < -0.4 is 5.73 Å². The van der Waals surface area contributed by atoms with Crippen molar-refractivity contribution in [3.8, 4) is 6.07 Å². The monoisotopic (exact) mass is 241 g/mol. The molecule has 0 radical (unpaired) electrons. The van der Waals surface area contributed by atoms with Gasteiger partial charge in [-0.15, -0.1) is 0 Å². The van der Waals surface area contributed by atoms with Crippen LogP contribution in [0.25, 0.3) is 10.9 Å². The van der Waals surface area contributed by atoms with Crippen molar-refractivity contribution < 1.29 is 0 Å². The highest BCUT2D eigenvalue weighted by atomic mass is 14.9. The summed E-state index contributed by atoms with van der Waals surface area (Å²) in [6.45, 7) is 4.90. The number of anilines is 1. The number of rotatable bonds is 4. The second kappa shape index (κ2) is 4.73. The van der Waals surface area contributed by atoms with Gasteiger partial charge in [0.1, 0.15) is 0 Å². The predicted octanol–water partition coefficient (Wildman–Crippen LogP) is 3.55. The first-order valence-electron chi connectivity index (χ1n) is 6.28. The Bertz CT molecular complexity index is 587. The van der Waals surface area contributed by atoms with E-state index in [0.29, 0.717) is 0 Å². The lowest BCUT2D eigenvalue weighted by Gasteiger charge is -2.15. The van der Waals surface area contributed by atoms with Crippen LogP contribution >= 0.6 is 0 Å². The first-order chi connectivity index (χ1) is 8.53. The van der Waals surface area contributed by atoms with E-state index < -0.39 is 0 Å². The minimum Gasteiger partial charge on any atom is -0.398 e. The molecule has 0 aliphatic heterocycles. The lowest BCUT2D eigenvalue weighted by atomic mass is 9.90. The van der Waals surface area contributed by atoms with Crippen molar-refractivity contribution in [3.05, 3.63) is 30.5 Å². The molecule has 3 heteroatoms. The minimum absolute atomic E-state index is 0.234. The maximum absolute atomic E-state index is 8.99. The molecule has 0 fully saturated rings. The van der Waals surface area contributed by atoms with Crippen LogP contribution in [0.5, 0.6) is 0 Å². The fraction of sp³-hybridized carbons (Fsp3) is 0.400. The van der Waals surface area contributed by atoms with Gasteiger partial charge < -0.3 is 10.3 Å². The standard InChI is InChI=1S/C15H19N3/c1-15(2,11-16)8-4-9-18-10-7-12-13(17)5-3-6-14(12)18/h3,5-7,10H,4,8-9,17H2,1-2H3. The van der Waals surface area contributed by atoms with Gasteiger partial charge in [-0.25, -0.2) is 0 Å². The van der Waals surface area contributed by atoms with Crippen molar-refractivity contribution >= 4 is 16.6 Å². The summed E-state index contributed by atoms with van der Waals surface area (Å²) >= 11 is 0. The van der Waals surface area contributed by atoms with Gasteiger partial charge in [0.2, 0.25) is 0 Å². The van der Waals surface area contributed by atoms with Gasteiger partial charge in [0.25, 0.3) is 0 Å². The molecular formula is C15H19N3. The van der Waals surface area contributed by atoms with E-state index in [0.717, 1.165) is 30.5 Å². The van der Waals surface area contributed by atoms with Gasteiger partial charge in [-0.05, 0) is 44.9 Å². The number of nitrogens with two attached hydrogens (primary N) is 1. The molecule has 0 unspecified atom stereocenters. The summed E-state index contributed by atoms with van der Waals surface area (Å²) in [7, 11) is 0. The molecule has 0 atom stereocenters. The molecule has 0 aliphatic rings. The van der Waals surface area contributed by atoms with Gasteiger partial charge in [-0.3, -0.25) is 0 Å². The molecule has 0 spiro atoms. The van der Waals surface area contributed by atoms with Crippen LogP contribution in [0, 0.1) is 16.7 Å². The Morgan fingerprint density at radius 2 is 2.11 bits per heavy atom. The Balaban J connectivity index is 2.10.